The Bertz CT molecular complexity index is 1090. The summed E-state index contributed by atoms with van der Waals surface area (Å²) in [5.74, 6) is 0.599. The molecule has 0 unspecified atom stereocenters. The predicted octanol–water partition coefficient (Wildman–Crippen LogP) is 2.79. The van der Waals surface area contributed by atoms with Gasteiger partial charge in [-0.2, -0.15) is 5.10 Å². The smallest absolute Gasteiger partial charge is 0.272 e. The number of methoxy groups -OCH3 is 1. The first-order valence-corrected chi connectivity index (χ1v) is 11.0. The van der Waals surface area contributed by atoms with E-state index in [1.54, 1.807) is 7.11 Å². The quantitative estimate of drug-likeness (QED) is 0.664. The lowest BCUT2D eigenvalue weighted by Crippen LogP contribution is -2.38. The van der Waals surface area contributed by atoms with E-state index in [1.165, 1.54) is 11.1 Å². The molecule has 1 aliphatic carbocycles. The van der Waals surface area contributed by atoms with Crippen LogP contribution in [-0.2, 0) is 17.7 Å². The minimum atomic E-state index is -0.134. The number of fused-ring (bicyclic) bond motifs is 2. The molecule has 0 spiro atoms. The Balaban J connectivity index is 1.42. The number of morpholine rings is 1. The molecular formula is C24H28N4O3. The zero-order valence-corrected chi connectivity index (χ0v) is 17.8. The van der Waals surface area contributed by atoms with Gasteiger partial charge in [0.25, 0.3) is 5.91 Å². The predicted molar refractivity (Wildman–Crippen MR) is 119 cm³/mol. The standard InChI is InChI=1S/C24H28N4O3/c1-30-21-8-4-7-19-22(24(29)25-20-10-9-17-5-2-3-6-18(17)20)26-28(23(19)21)12-11-27-13-15-31-16-14-27/h2-8,20H,9-16H2,1H3,(H,25,29)/t20-/m1/s1. The summed E-state index contributed by atoms with van der Waals surface area (Å²) in [6.07, 6.45) is 1.91. The van der Waals surface area contributed by atoms with Crippen molar-refractivity contribution in [3.63, 3.8) is 0 Å². The fourth-order valence-electron chi connectivity index (χ4n) is 4.69. The molecule has 2 aliphatic rings. The van der Waals surface area contributed by atoms with E-state index >= 15 is 0 Å². The van der Waals surface area contributed by atoms with Crippen molar-refractivity contribution < 1.29 is 14.3 Å². The van der Waals surface area contributed by atoms with E-state index in [1.807, 2.05) is 28.9 Å². The number of hydrogen-bond donors (Lipinski definition) is 1. The van der Waals surface area contributed by atoms with Crippen LogP contribution in [0.5, 0.6) is 5.75 Å². The summed E-state index contributed by atoms with van der Waals surface area (Å²) in [6, 6.07) is 14.2. The van der Waals surface area contributed by atoms with E-state index in [4.69, 9.17) is 14.6 Å². The van der Waals surface area contributed by atoms with Crippen molar-refractivity contribution in [3.8, 4) is 5.75 Å². The molecule has 1 fully saturated rings. The van der Waals surface area contributed by atoms with Crippen LogP contribution in [0.25, 0.3) is 10.9 Å². The van der Waals surface area contributed by atoms with Crippen LogP contribution in [0.3, 0.4) is 0 Å². The number of carbonyl (C=O) groups is 1. The first-order valence-electron chi connectivity index (χ1n) is 11.0. The van der Waals surface area contributed by atoms with Gasteiger partial charge in [-0.3, -0.25) is 14.4 Å². The maximum atomic E-state index is 13.3. The van der Waals surface area contributed by atoms with Crippen LogP contribution in [0.15, 0.2) is 42.5 Å². The van der Waals surface area contributed by atoms with Gasteiger partial charge in [-0.05, 0) is 30.0 Å². The molecule has 162 valence electrons. The van der Waals surface area contributed by atoms with Crippen LogP contribution in [-0.4, -0.2) is 60.5 Å². The number of ether oxygens (including phenoxy) is 2. The molecule has 1 aliphatic heterocycles. The molecule has 1 saturated heterocycles. The number of benzene rings is 2. The highest BCUT2D eigenvalue weighted by molar-refractivity contribution is 6.06. The van der Waals surface area contributed by atoms with Gasteiger partial charge in [0, 0.05) is 25.0 Å². The molecule has 5 rings (SSSR count). The molecule has 2 aromatic carbocycles. The third-order valence-electron chi connectivity index (χ3n) is 6.34. The van der Waals surface area contributed by atoms with Gasteiger partial charge >= 0.3 is 0 Å². The van der Waals surface area contributed by atoms with Gasteiger partial charge in [0.1, 0.15) is 11.3 Å². The Hall–Kier alpha value is -2.90. The maximum absolute atomic E-state index is 13.3. The molecule has 7 heteroatoms. The number of nitrogens with one attached hydrogen (secondary N) is 1. The van der Waals surface area contributed by atoms with Crippen LogP contribution in [0.1, 0.15) is 34.1 Å². The van der Waals surface area contributed by atoms with Crippen molar-refractivity contribution in [3.05, 3.63) is 59.3 Å². The average Bonchev–Trinajstić information content (AvgIpc) is 3.40. The van der Waals surface area contributed by atoms with E-state index < -0.39 is 0 Å². The Morgan fingerprint density at radius 1 is 1.16 bits per heavy atom. The number of carbonyl (C=O) groups excluding carboxylic acids is 1. The summed E-state index contributed by atoms with van der Waals surface area (Å²) < 4.78 is 13.0. The number of nitrogens with zero attached hydrogens (tertiary/aromatic N) is 3. The molecule has 1 atom stereocenters. The SMILES string of the molecule is COc1cccc2c(C(=O)N[C@@H]3CCc4ccccc43)nn(CCN3CCOCC3)c12. The second-order valence-electron chi connectivity index (χ2n) is 8.15. The molecule has 0 saturated carbocycles. The zero-order valence-electron chi connectivity index (χ0n) is 17.8. The third-order valence-corrected chi connectivity index (χ3v) is 6.34. The molecule has 0 radical (unpaired) electrons. The lowest BCUT2D eigenvalue weighted by Gasteiger charge is -2.26. The van der Waals surface area contributed by atoms with E-state index in [-0.39, 0.29) is 11.9 Å². The second kappa shape index (κ2) is 8.69. The highest BCUT2D eigenvalue weighted by atomic mass is 16.5. The Morgan fingerprint density at radius 2 is 2.00 bits per heavy atom. The topological polar surface area (TPSA) is 68.6 Å². The van der Waals surface area contributed by atoms with Gasteiger partial charge in [-0.15, -0.1) is 0 Å². The molecule has 1 N–H and O–H groups in total. The van der Waals surface area contributed by atoms with E-state index in [9.17, 15) is 4.79 Å². The van der Waals surface area contributed by atoms with Gasteiger partial charge in [0.05, 0.1) is 32.9 Å². The molecule has 31 heavy (non-hydrogen) atoms. The summed E-state index contributed by atoms with van der Waals surface area (Å²) in [6.45, 7) is 4.92. The van der Waals surface area contributed by atoms with Crippen molar-refractivity contribution in [1.29, 1.82) is 0 Å². The largest absolute Gasteiger partial charge is 0.494 e. The number of aryl methyl sites for hydroxylation is 1. The minimum Gasteiger partial charge on any atom is -0.494 e. The zero-order chi connectivity index (χ0) is 21.2. The van der Waals surface area contributed by atoms with Gasteiger partial charge in [0.2, 0.25) is 0 Å². The minimum absolute atomic E-state index is 0.0304. The third kappa shape index (κ3) is 3.91. The number of para-hydroxylation sites is 1. The van der Waals surface area contributed by atoms with E-state index in [2.05, 4.69) is 28.4 Å². The summed E-state index contributed by atoms with van der Waals surface area (Å²) >= 11 is 0. The van der Waals surface area contributed by atoms with Crippen LogP contribution in [0, 0.1) is 0 Å². The van der Waals surface area contributed by atoms with Crippen molar-refractivity contribution in [1.82, 2.24) is 20.0 Å². The van der Waals surface area contributed by atoms with Crippen molar-refractivity contribution in [2.75, 3.05) is 40.0 Å². The van der Waals surface area contributed by atoms with Gasteiger partial charge in [0.15, 0.2) is 5.69 Å². The Kier molecular flexibility index (Phi) is 5.61. The van der Waals surface area contributed by atoms with Crippen molar-refractivity contribution in [2.24, 2.45) is 0 Å². The van der Waals surface area contributed by atoms with Crippen LogP contribution >= 0.6 is 0 Å². The summed E-state index contributed by atoms with van der Waals surface area (Å²) in [5, 5.41) is 8.79. The normalized spacial score (nSPS) is 18.8. The fraction of sp³-hybridized carbons (Fsp3) is 0.417. The fourth-order valence-corrected chi connectivity index (χ4v) is 4.69. The molecule has 1 aromatic heterocycles. The van der Waals surface area contributed by atoms with Crippen molar-refractivity contribution >= 4 is 16.8 Å². The lowest BCUT2D eigenvalue weighted by atomic mass is 10.1. The number of rotatable bonds is 6. The van der Waals surface area contributed by atoms with E-state index in [0.29, 0.717) is 12.2 Å². The monoisotopic (exact) mass is 420 g/mol. The summed E-state index contributed by atoms with van der Waals surface area (Å²) in [7, 11) is 1.66. The maximum Gasteiger partial charge on any atom is 0.272 e. The highest BCUT2D eigenvalue weighted by Crippen LogP contribution is 2.32. The second-order valence-corrected chi connectivity index (χ2v) is 8.15. The summed E-state index contributed by atoms with van der Waals surface area (Å²) in [4.78, 5) is 15.7. The van der Waals surface area contributed by atoms with Crippen LogP contribution in [0.4, 0.5) is 0 Å². The van der Waals surface area contributed by atoms with E-state index in [0.717, 1.165) is 62.3 Å². The van der Waals surface area contributed by atoms with Crippen LogP contribution in [0.2, 0.25) is 0 Å². The number of hydrogen-bond acceptors (Lipinski definition) is 5. The Morgan fingerprint density at radius 3 is 2.84 bits per heavy atom. The average molecular weight is 421 g/mol. The molecule has 3 aromatic rings. The molecular weight excluding hydrogens is 392 g/mol. The number of amides is 1. The highest BCUT2D eigenvalue weighted by Gasteiger charge is 2.27. The van der Waals surface area contributed by atoms with Gasteiger partial charge in [-0.1, -0.05) is 36.4 Å². The molecule has 1 amide bonds. The lowest BCUT2D eigenvalue weighted by molar-refractivity contribution is 0.0361. The summed E-state index contributed by atoms with van der Waals surface area (Å²) in [5.41, 5.74) is 3.86. The number of aromatic nitrogens is 2. The molecule has 7 nitrogen and oxygen atoms in total. The van der Waals surface area contributed by atoms with Crippen molar-refractivity contribution in [2.45, 2.75) is 25.4 Å². The Labute approximate surface area is 181 Å². The van der Waals surface area contributed by atoms with Crippen LogP contribution < -0.4 is 10.1 Å². The molecule has 0 bridgehead atoms. The first-order chi connectivity index (χ1) is 15.2. The van der Waals surface area contributed by atoms with Gasteiger partial charge in [-0.25, -0.2) is 0 Å². The molecule has 2 heterocycles. The van der Waals surface area contributed by atoms with Gasteiger partial charge < -0.3 is 14.8 Å². The first kappa shape index (κ1) is 20.0.